The Labute approximate surface area is 227 Å². The van der Waals surface area contributed by atoms with Crippen molar-refractivity contribution >= 4 is 50.7 Å². The molecule has 0 aliphatic carbocycles. The third-order valence-electron chi connectivity index (χ3n) is 5.70. The van der Waals surface area contributed by atoms with Crippen molar-refractivity contribution < 1.29 is 27.5 Å². The van der Waals surface area contributed by atoms with Gasteiger partial charge in [-0.25, -0.2) is 8.42 Å². The van der Waals surface area contributed by atoms with Crippen molar-refractivity contribution in [1.29, 1.82) is 0 Å². The Balaban J connectivity index is 2.00. The monoisotopic (exact) mass is 571 g/mol. The van der Waals surface area contributed by atoms with E-state index in [1.54, 1.807) is 37.3 Å². The molecule has 1 atom stereocenters. The molecule has 0 bridgehead atoms. The second-order valence-corrected chi connectivity index (χ2v) is 11.6. The van der Waals surface area contributed by atoms with Gasteiger partial charge in [0.2, 0.25) is 21.8 Å². The van der Waals surface area contributed by atoms with Gasteiger partial charge in [-0.05, 0) is 44.5 Å². The molecule has 12 heteroatoms. The zero-order chi connectivity index (χ0) is 27.3. The highest BCUT2D eigenvalue weighted by atomic mass is 35.5. The van der Waals surface area contributed by atoms with E-state index < -0.39 is 28.5 Å². The molecule has 2 aromatic rings. The van der Waals surface area contributed by atoms with Crippen LogP contribution in [-0.2, 0) is 26.2 Å². The predicted octanol–water partition coefficient (Wildman–Crippen LogP) is 3.86. The molecule has 1 heterocycles. The Morgan fingerprint density at radius 2 is 1.68 bits per heavy atom. The van der Waals surface area contributed by atoms with Crippen LogP contribution in [-0.4, -0.2) is 63.2 Å². The summed E-state index contributed by atoms with van der Waals surface area (Å²) in [5, 5.41) is 3.49. The number of ether oxygens (including phenoxy) is 2. The van der Waals surface area contributed by atoms with Crippen LogP contribution < -0.4 is 19.1 Å². The van der Waals surface area contributed by atoms with Crippen LogP contribution in [0.3, 0.4) is 0 Å². The molecular weight excluding hydrogens is 541 g/mol. The Bertz CT molecular complexity index is 1230. The Morgan fingerprint density at radius 1 is 1.05 bits per heavy atom. The summed E-state index contributed by atoms with van der Waals surface area (Å²) in [6.45, 7) is 5.48. The highest BCUT2D eigenvalue weighted by molar-refractivity contribution is 7.92. The highest BCUT2D eigenvalue weighted by Gasteiger charge is 2.33. The van der Waals surface area contributed by atoms with Crippen molar-refractivity contribution in [2.75, 3.05) is 30.3 Å². The number of carbonyl (C=O) groups is 2. The first kappa shape index (κ1) is 28.9. The number of nitrogens with zero attached hydrogens (tertiary/aromatic N) is 2. The summed E-state index contributed by atoms with van der Waals surface area (Å²) in [5.74, 6) is -0.0882. The average molecular weight is 573 g/mol. The third-order valence-corrected chi connectivity index (χ3v) is 7.55. The lowest BCUT2D eigenvalue weighted by Crippen LogP contribution is -2.53. The van der Waals surface area contributed by atoms with Gasteiger partial charge in [0.15, 0.2) is 11.5 Å². The maximum Gasteiger partial charge on any atom is 0.244 e. The number of sulfonamides is 1. The molecule has 1 aliphatic heterocycles. The van der Waals surface area contributed by atoms with E-state index in [0.29, 0.717) is 40.3 Å². The molecule has 1 N–H and O–H groups in total. The number of rotatable bonds is 10. The van der Waals surface area contributed by atoms with E-state index in [1.165, 1.54) is 11.0 Å². The minimum absolute atomic E-state index is 0.0832. The lowest BCUT2D eigenvalue weighted by Gasteiger charge is -2.33. The van der Waals surface area contributed by atoms with E-state index in [4.69, 9.17) is 32.7 Å². The molecular formula is C25H31Cl2N3O6S. The fourth-order valence-electron chi connectivity index (χ4n) is 3.95. The van der Waals surface area contributed by atoms with Crippen molar-refractivity contribution in [3.05, 3.63) is 52.0 Å². The lowest BCUT2D eigenvalue weighted by atomic mass is 10.1. The summed E-state index contributed by atoms with van der Waals surface area (Å²) in [4.78, 5) is 28.2. The van der Waals surface area contributed by atoms with Gasteiger partial charge in [0.1, 0.15) is 25.8 Å². The Kier molecular flexibility index (Phi) is 9.55. The van der Waals surface area contributed by atoms with Gasteiger partial charge < -0.3 is 19.7 Å². The van der Waals surface area contributed by atoms with Crippen LogP contribution in [0.1, 0.15) is 32.8 Å². The summed E-state index contributed by atoms with van der Waals surface area (Å²) < 4.78 is 37.7. The van der Waals surface area contributed by atoms with Gasteiger partial charge in [0.25, 0.3) is 0 Å². The van der Waals surface area contributed by atoms with Crippen molar-refractivity contribution in [2.24, 2.45) is 0 Å². The first-order valence-corrected chi connectivity index (χ1v) is 14.4. The zero-order valence-electron chi connectivity index (χ0n) is 21.2. The van der Waals surface area contributed by atoms with Crippen LogP contribution in [0.5, 0.6) is 11.5 Å². The van der Waals surface area contributed by atoms with E-state index in [9.17, 15) is 18.0 Å². The molecule has 37 heavy (non-hydrogen) atoms. The maximum atomic E-state index is 13.8. The molecule has 0 aromatic heterocycles. The number of halogens is 2. The van der Waals surface area contributed by atoms with Crippen LogP contribution in [0.4, 0.5) is 5.69 Å². The van der Waals surface area contributed by atoms with Gasteiger partial charge >= 0.3 is 0 Å². The summed E-state index contributed by atoms with van der Waals surface area (Å²) in [6, 6.07) is 8.56. The minimum atomic E-state index is -3.90. The van der Waals surface area contributed by atoms with Crippen molar-refractivity contribution in [3.63, 3.8) is 0 Å². The van der Waals surface area contributed by atoms with E-state index in [1.807, 2.05) is 13.8 Å². The first-order valence-electron chi connectivity index (χ1n) is 11.8. The second-order valence-electron chi connectivity index (χ2n) is 8.91. The molecule has 9 nitrogen and oxygen atoms in total. The van der Waals surface area contributed by atoms with Crippen LogP contribution >= 0.6 is 23.2 Å². The molecule has 3 rings (SSSR count). The molecule has 0 saturated carbocycles. The van der Waals surface area contributed by atoms with Crippen LogP contribution in [0.2, 0.25) is 10.0 Å². The molecule has 1 aliphatic rings. The van der Waals surface area contributed by atoms with Crippen molar-refractivity contribution in [2.45, 2.75) is 45.8 Å². The topological polar surface area (TPSA) is 105 Å². The van der Waals surface area contributed by atoms with Gasteiger partial charge in [-0.3, -0.25) is 13.9 Å². The number of amides is 2. The standard InChI is InChI=1S/C25H31Cl2N3O6S/c1-5-21(25(32)28-16(2)3)29(14-18-19(26)7-6-8-20(18)27)24(31)15-30(37(4,33)34)17-9-10-22-23(13-17)36-12-11-35-22/h6-10,13,16,21H,5,11-12,14-15H2,1-4H3,(H,28,32)/t21-/m0/s1. The molecule has 0 spiro atoms. The zero-order valence-corrected chi connectivity index (χ0v) is 23.5. The summed E-state index contributed by atoms with van der Waals surface area (Å²) in [5.41, 5.74) is 0.690. The predicted molar refractivity (Wildman–Crippen MR) is 144 cm³/mol. The van der Waals surface area contributed by atoms with Gasteiger partial charge in [-0.1, -0.05) is 36.2 Å². The van der Waals surface area contributed by atoms with Gasteiger partial charge in [-0.2, -0.15) is 0 Å². The molecule has 2 amide bonds. The molecule has 0 unspecified atom stereocenters. The SMILES string of the molecule is CC[C@@H](C(=O)NC(C)C)N(Cc1c(Cl)cccc1Cl)C(=O)CN(c1ccc2c(c1)OCCO2)S(C)(=O)=O. The van der Waals surface area contributed by atoms with Gasteiger partial charge in [-0.15, -0.1) is 0 Å². The normalized spacial score (nSPS) is 13.7. The number of hydrogen-bond acceptors (Lipinski definition) is 6. The summed E-state index contributed by atoms with van der Waals surface area (Å²) in [7, 11) is -3.90. The van der Waals surface area contributed by atoms with E-state index in [0.717, 1.165) is 10.6 Å². The number of carbonyl (C=O) groups excluding carboxylic acids is 2. The number of nitrogens with one attached hydrogen (secondary N) is 1. The summed E-state index contributed by atoms with van der Waals surface area (Å²) in [6.07, 6.45) is 1.30. The quantitative estimate of drug-likeness (QED) is 0.464. The van der Waals surface area contributed by atoms with E-state index >= 15 is 0 Å². The Hall–Kier alpha value is -2.69. The van der Waals surface area contributed by atoms with Crippen molar-refractivity contribution in [3.8, 4) is 11.5 Å². The van der Waals surface area contributed by atoms with Gasteiger partial charge in [0, 0.05) is 34.3 Å². The van der Waals surface area contributed by atoms with E-state index in [-0.39, 0.29) is 30.6 Å². The first-order chi connectivity index (χ1) is 17.4. The third kappa shape index (κ3) is 7.21. The van der Waals surface area contributed by atoms with Crippen LogP contribution in [0.25, 0.3) is 0 Å². The molecule has 0 saturated heterocycles. The molecule has 0 fully saturated rings. The maximum absolute atomic E-state index is 13.8. The Morgan fingerprint density at radius 3 is 2.24 bits per heavy atom. The fraction of sp³-hybridized carbons (Fsp3) is 0.440. The smallest absolute Gasteiger partial charge is 0.244 e. The fourth-order valence-corrected chi connectivity index (χ4v) is 5.31. The number of fused-ring (bicyclic) bond motifs is 1. The lowest BCUT2D eigenvalue weighted by molar-refractivity contribution is -0.140. The number of benzene rings is 2. The molecule has 202 valence electrons. The van der Waals surface area contributed by atoms with Crippen LogP contribution in [0, 0.1) is 0 Å². The summed E-state index contributed by atoms with van der Waals surface area (Å²) >= 11 is 12.8. The van der Waals surface area contributed by atoms with E-state index in [2.05, 4.69) is 5.32 Å². The van der Waals surface area contributed by atoms with Gasteiger partial charge in [0.05, 0.1) is 11.9 Å². The van der Waals surface area contributed by atoms with Crippen LogP contribution in [0.15, 0.2) is 36.4 Å². The molecule has 0 radical (unpaired) electrons. The minimum Gasteiger partial charge on any atom is -0.486 e. The van der Waals surface area contributed by atoms with Crippen molar-refractivity contribution in [1.82, 2.24) is 10.2 Å². The average Bonchev–Trinajstić information content (AvgIpc) is 2.82. The second kappa shape index (κ2) is 12.2. The largest absolute Gasteiger partial charge is 0.486 e. The highest BCUT2D eigenvalue weighted by Crippen LogP contribution is 2.35. The molecule has 2 aromatic carbocycles. The number of hydrogen-bond donors (Lipinski definition) is 1. The number of anilines is 1.